The van der Waals surface area contributed by atoms with Crippen LogP contribution in [0.1, 0.15) is 25.5 Å². The van der Waals surface area contributed by atoms with Crippen molar-refractivity contribution in [1.82, 2.24) is 4.72 Å². The van der Waals surface area contributed by atoms with Gasteiger partial charge in [0.15, 0.2) is 11.5 Å². The highest BCUT2D eigenvalue weighted by atomic mass is 32.2. The van der Waals surface area contributed by atoms with Gasteiger partial charge in [-0.05, 0) is 55.8 Å². The Hall–Kier alpha value is -3.72. The zero-order chi connectivity index (χ0) is 23.8. The quantitative estimate of drug-likeness (QED) is 0.412. The smallest absolute Gasteiger partial charge is 0.264 e. The van der Waals surface area contributed by atoms with Crippen molar-refractivity contribution >= 4 is 21.6 Å². The number of carbonyl (C=O) groups is 1. The number of aromatic hydroxyl groups is 1. The van der Waals surface area contributed by atoms with Crippen LogP contribution in [0.5, 0.6) is 17.2 Å². The number of benzene rings is 3. The molecule has 0 bridgehead atoms. The Balaban J connectivity index is 1.99. The molecule has 0 radical (unpaired) electrons. The molecule has 0 aliphatic rings. The largest absolute Gasteiger partial charge is 0.508 e. The molecule has 0 saturated carbocycles. The predicted molar refractivity (Wildman–Crippen MR) is 125 cm³/mol. The van der Waals surface area contributed by atoms with Gasteiger partial charge in [-0.15, -0.1) is 0 Å². The molecule has 0 spiro atoms. The second kappa shape index (κ2) is 10.7. The Kier molecular flexibility index (Phi) is 7.78. The topological polar surface area (TPSA) is 114 Å². The van der Waals surface area contributed by atoms with Crippen molar-refractivity contribution in [3.63, 3.8) is 0 Å². The van der Waals surface area contributed by atoms with E-state index in [1.807, 2.05) is 13.8 Å². The molecule has 33 heavy (non-hydrogen) atoms. The van der Waals surface area contributed by atoms with Crippen molar-refractivity contribution in [2.75, 3.05) is 18.5 Å². The molecule has 0 aliphatic heterocycles. The number of carbonyl (C=O) groups excluding carboxylic acids is 1. The second-order valence-corrected chi connectivity index (χ2v) is 8.67. The van der Waals surface area contributed by atoms with Crippen LogP contribution < -0.4 is 19.5 Å². The molecule has 1 amide bonds. The van der Waals surface area contributed by atoms with Crippen LogP contribution >= 0.6 is 0 Å². The van der Waals surface area contributed by atoms with E-state index < -0.39 is 22.0 Å². The number of phenolic OH excluding ortho intramolecular Hbond substituents is 1. The predicted octanol–water partition coefficient (Wildman–Crippen LogP) is 3.85. The molecule has 3 rings (SSSR count). The average Bonchev–Trinajstić information content (AvgIpc) is 2.79. The molecule has 9 heteroatoms. The number of hydrogen-bond donors (Lipinski definition) is 3. The SMILES string of the molecule is CCOc1ccc(C(Nc2cccc(O)c2)C(=O)NS(=O)(=O)c2ccccc2)cc1OCC. The highest BCUT2D eigenvalue weighted by Gasteiger charge is 2.27. The van der Waals surface area contributed by atoms with Gasteiger partial charge in [0.1, 0.15) is 11.8 Å². The van der Waals surface area contributed by atoms with E-state index in [0.29, 0.717) is 36.0 Å². The van der Waals surface area contributed by atoms with Crippen molar-refractivity contribution < 1.29 is 27.8 Å². The lowest BCUT2D eigenvalue weighted by Crippen LogP contribution is -2.37. The minimum Gasteiger partial charge on any atom is -0.508 e. The number of sulfonamides is 1. The molecule has 0 saturated heterocycles. The van der Waals surface area contributed by atoms with Gasteiger partial charge in [0.2, 0.25) is 0 Å². The maximum absolute atomic E-state index is 13.2. The van der Waals surface area contributed by atoms with Crippen LogP contribution in [0.3, 0.4) is 0 Å². The van der Waals surface area contributed by atoms with Gasteiger partial charge in [-0.1, -0.05) is 30.3 Å². The summed E-state index contributed by atoms with van der Waals surface area (Å²) in [5, 5.41) is 12.8. The summed E-state index contributed by atoms with van der Waals surface area (Å²) in [7, 11) is -4.09. The first-order chi connectivity index (χ1) is 15.8. The van der Waals surface area contributed by atoms with Gasteiger partial charge in [0.05, 0.1) is 18.1 Å². The van der Waals surface area contributed by atoms with E-state index in [1.165, 1.54) is 24.3 Å². The zero-order valence-corrected chi connectivity index (χ0v) is 19.1. The van der Waals surface area contributed by atoms with Crippen LogP contribution in [0.2, 0.25) is 0 Å². The highest BCUT2D eigenvalue weighted by molar-refractivity contribution is 7.90. The number of hydrogen-bond acceptors (Lipinski definition) is 7. The van der Waals surface area contributed by atoms with Crippen molar-refractivity contribution in [1.29, 1.82) is 0 Å². The summed E-state index contributed by atoms with van der Waals surface area (Å²) >= 11 is 0. The lowest BCUT2D eigenvalue weighted by Gasteiger charge is -2.21. The number of ether oxygens (including phenoxy) is 2. The maximum atomic E-state index is 13.2. The summed E-state index contributed by atoms with van der Waals surface area (Å²) in [6, 6.07) is 17.7. The summed E-state index contributed by atoms with van der Waals surface area (Å²) in [6.07, 6.45) is 0. The van der Waals surface area contributed by atoms with E-state index in [9.17, 15) is 18.3 Å². The molecule has 1 unspecified atom stereocenters. The molecule has 3 aromatic carbocycles. The van der Waals surface area contributed by atoms with E-state index in [-0.39, 0.29) is 10.6 Å². The minimum absolute atomic E-state index is 0.00207. The Labute approximate surface area is 193 Å². The molecule has 1 atom stereocenters. The Morgan fingerprint density at radius 3 is 2.27 bits per heavy atom. The summed E-state index contributed by atoms with van der Waals surface area (Å²) in [6.45, 7) is 4.48. The third-order valence-electron chi connectivity index (χ3n) is 4.61. The van der Waals surface area contributed by atoms with Crippen LogP contribution in [0.25, 0.3) is 0 Å². The molecular formula is C24H26N2O6S. The van der Waals surface area contributed by atoms with E-state index in [4.69, 9.17) is 9.47 Å². The molecule has 8 nitrogen and oxygen atoms in total. The first-order valence-electron chi connectivity index (χ1n) is 10.4. The van der Waals surface area contributed by atoms with E-state index in [2.05, 4.69) is 10.0 Å². The van der Waals surface area contributed by atoms with Gasteiger partial charge >= 0.3 is 0 Å². The fraction of sp³-hybridized carbons (Fsp3) is 0.208. The lowest BCUT2D eigenvalue weighted by molar-refractivity contribution is -0.120. The fourth-order valence-corrected chi connectivity index (χ4v) is 4.18. The molecule has 3 aromatic rings. The Morgan fingerprint density at radius 1 is 0.909 bits per heavy atom. The van der Waals surface area contributed by atoms with Crippen LogP contribution in [0.4, 0.5) is 5.69 Å². The lowest BCUT2D eigenvalue weighted by atomic mass is 10.0. The number of anilines is 1. The van der Waals surface area contributed by atoms with Crippen molar-refractivity contribution in [2.24, 2.45) is 0 Å². The third-order valence-corrected chi connectivity index (χ3v) is 5.97. The maximum Gasteiger partial charge on any atom is 0.264 e. The summed E-state index contributed by atoms with van der Waals surface area (Å²) in [4.78, 5) is 13.2. The normalized spacial score (nSPS) is 11.9. The third kappa shape index (κ3) is 6.17. The van der Waals surface area contributed by atoms with Gasteiger partial charge < -0.3 is 19.9 Å². The molecular weight excluding hydrogens is 444 g/mol. The summed E-state index contributed by atoms with van der Waals surface area (Å²) in [5.41, 5.74) is 0.880. The van der Waals surface area contributed by atoms with Crippen molar-refractivity contribution in [3.05, 3.63) is 78.4 Å². The number of rotatable bonds is 10. The van der Waals surface area contributed by atoms with Gasteiger partial charge in [0, 0.05) is 11.8 Å². The summed E-state index contributed by atoms with van der Waals surface area (Å²) in [5.74, 6) is 0.140. The highest BCUT2D eigenvalue weighted by Crippen LogP contribution is 2.32. The van der Waals surface area contributed by atoms with Crippen LogP contribution in [-0.2, 0) is 14.8 Å². The van der Waals surface area contributed by atoms with Crippen LogP contribution in [-0.4, -0.2) is 32.6 Å². The van der Waals surface area contributed by atoms with Crippen LogP contribution in [0.15, 0.2) is 77.7 Å². The zero-order valence-electron chi connectivity index (χ0n) is 18.3. The van der Waals surface area contributed by atoms with E-state index in [0.717, 1.165) is 0 Å². The first kappa shape index (κ1) is 23.9. The molecule has 0 heterocycles. The van der Waals surface area contributed by atoms with Gasteiger partial charge in [-0.2, -0.15) is 0 Å². The van der Waals surface area contributed by atoms with Crippen LogP contribution in [0, 0.1) is 0 Å². The van der Waals surface area contributed by atoms with Gasteiger partial charge in [0.25, 0.3) is 15.9 Å². The fourth-order valence-electron chi connectivity index (χ4n) is 3.16. The van der Waals surface area contributed by atoms with Crippen molar-refractivity contribution in [2.45, 2.75) is 24.8 Å². The molecule has 0 aliphatic carbocycles. The first-order valence-corrected chi connectivity index (χ1v) is 11.9. The monoisotopic (exact) mass is 470 g/mol. The molecule has 174 valence electrons. The Morgan fingerprint density at radius 2 is 1.61 bits per heavy atom. The van der Waals surface area contributed by atoms with E-state index in [1.54, 1.807) is 48.5 Å². The minimum atomic E-state index is -4.09. The second-order valence-electron chi connectivity index (χ2n) is 6.98. The summed E-state index contributed by atoms with van der Waals surface area (Å²) < 4.78 is 38.9. The Bertz CT molecular complexity index is 1200. The van der Waals surface area contributed by atoms with E-state index >= 15 is 0 Å². The molecule has 0 fully saturated rings. The molecule has 3 N–H and O–H groups in total. The van der Waals surface area contributed by atoms with Gasteiger partial charge in [-0.25, -0.2) is 13.1 Å². The number of nitrogens with one attached hydrogen (secondary N) is 2. The average molecular weight is 471 g/mol. The molecule has 0 aromatic heterocycles. The van der Waals surface area contributed by atoms with Gasteiger partial charge in [-0.3, -0.25) is 4.79 Å². The number of amides is 1. The standard InChI is InChI=1S/C24H26N2O6S/c1-3-31-21-14-13-17(15-22(21)32-4-2)23(25-18-9-8-10-19(27)16-18)24(28)26-33(29,30)20-11-6-5-7-12-20/h5-16,23,25,27H,3-4H2,1-2H3,(H,26,28). The number of phenols is 1. The van der Waals surface area contributed by atoms with Crippen molar-refractivity contribution in [3.8, 4) is 17.2 Å².